The molecule has 3 aromatic carbocycles. The second-order valence-electron chi connectivity index (χ2n) is 7.57. The Labute approximate surface area is 223 Å². The first-order chi connectivity index (χ1) is 18.0. The van der Waals surface area contributed by atoms with Gasteiger partial charge in [-0.1, -0.05) is 68.5 Å². The Bertz CT molecular complexity index is 1170. The van der Waals surface area contributed by atoms with Crippen LogP contribution in [0.5, 0.6) is 11.5 Å². The van der Waals surface area contributed by atoms with E-state index in [0.29, 0.717) is 6.42 Å². The highest BCUT2D eigenvalue weighted by molar-refractivity contribution is 7.27. The van der Waals surface area contributed by atoms with Gasteiger partial charge in [-0.15, -0.1) is 9.24 Å². The molecule has 0 saturated carbocycles. The highest BCUT2D eigenvalue weighted by Crippen LogP contribution is 2.37. The smallest absolute Gasteiger partial charge is 0.230 e. The molecule has 1 heterocycles. The summed E-state index contributed by atoms with van der Waals surface area (Å²) in [4.78, 5) is 19.6. The summed E-state index contributed by atoms with van der Waals surface area (Å²) in [6.45, 7) is 11.9. The zero-order valence-corrected chi connectivity index (χ0v) is 23.5. The van der Waals surface area contributed by atoms with Crippen molar-refractivity contribution in [3.8, 4) is 11.5 Å². The summed E-state index contributed by atoms with van der Waals surface area (Å²) in [7, 11) is 5.92. The van der Waals surface area contributed by atoms with Gasteiger partial charge in [0.1, 0.15) is 18.3 Å². The Kier molecular flexibility index (Phi) is 14.2. The Morgan fingerprint density at radius 2 is 1.59 bits per heavy atom. The number of carbonyl (C=O) groups is 2. The number of hydrazone groups is 1. The summed E-state index contributed by atoms with van der Waals surface area (Å²) in [5.74, 6) is 1.52. The van der Waals surface area contributed by atoms with E-state index in [1.165, 1.54) is 10.6 Å². The Hall–Kier alpha value is -3.76. The Morgan fingerprint density at radius 3 is 2.08 bits per heavy atom. The first-order valence-corrected chi connectivity index (χ1v) is 12.4. The second kappa shape index (κ2) is 16.8. The number of methoxy groups -OCH3 is 2. The number of ether oxygens (including phenoxy) is 2. The number of carbonyl (C=O) groups excluding carboxylic acids is 2. The van der Waals surface area contributed by atoms with Crippen LogP contribution in [0.25, 0.3) is 6.08 Å². The number of hydrogen-bond donors (Lipinski definition) is 0. The van der Waals surface area contributed by atoms with E-state index in [1.807, 2.05) is 75.2 Å². The minimum Gasteiger partial charge on any atom is -0.496 e. The molecule has 2 unspecified atom stereocenters. The summed E-state index contributed by atoms with van der Waals surface area (Å²) in [6, 6.07) is 21.7. The van der Waals surface area contributed by atoms with Gasteiger partial charge in [-0.2, -0.15) is 5.10 Å². The quantitative estimate of drug-likeness (QED) is 0.296. The van der Waals surface area contributed by atoms with E-state index in [4.69, 9.17) is 14.3 Å². The molecule has 1 aliphatic rings. The summed E-state index contributed by atoms with van der Waals surface area (Å²) in [6.07, 6.45) is 3.13. The molecule has 2 atom stereocenters. The van der Waals surface area contributed by atoms with Crippen molar-refractivity contribution >= 4 is 39.5 Å². The zero-order chi connectivity index (χ0) is 27.8. The largest absolute Gasteiger partial charge is 0.496 e. The molecule has 0 aromatic heterocycles. The van der Waals surface area contributed by atoms with Crippen LogP contribution < -0.4 is 14.8 Å². The van der Waals surface area contributed by atoms with E-state index in [0.717, 1.165) is 45.6 Å². The van der Waals surface area contributed by atoms with Gasteiger partial charge in [-0.3, -0.25) is 4.79 Å². The molecule has 196 valence electrons. The van der Waals surface area contributed by atoms with Crippen LogP contribution in [-0.4, -0.2) is 38.1 Å². The lowest BCUT2D eigenvalue weighted by Gasteiger charge is -2.20. The van der Waals surface area contributed by atoms with Crippen LogP contribution in [0.2, 0.25) is 0 Å². The highest BCUT2D eigenvalue weighted by Gasteiger charge is 2.31. The number of rotatable bonds is 6. The van der Waals surface area contributed by atoms with Crippen molar-refractivity contribution in [2.24, 2.45) is 5.10 Å². The van der Waals surface area contributed by atoms with Crippen molar-refractivity contribution in [3.05, 3.63) is 95.6 Å². The van der Waals surface area contributed by atoms with E-state index >= 15 is 0 Å². The fourth-order valence-electron chi connectivity index (χ4n) is 3.64. The molecular formula is C30H37N2O4P. The lowest BCUT2D eigenvalue weighted by Crippen LogP contribution is -2.18. The van der Waals surface area contributed by atoms with Crippen LogP contribution in [0.3, 0.4) is 0 Å². The fourth-order valence-corrected chi connectivity index (χ4v) is 4.03. The van der Waals surface area contributed by atoms with Gasteiger partial charge < -0.3 is 14.3 Å². The molecule has 0 radical (unpaired) electrons. The molecular weight excluding hydrogens is 483 g/mol. The van der Waals surface area contributed by atoms with Gasteiger partial charge in [0.15, 0.2) is 0 Å². The molecule has 4 rings (SSSR count). The molecule has 0 aliphatic carbocycles. The first kappa shape index (κ1) is 31.3. The average Bonchev–Trinajstić information content (AvgIpc) is 3.40. The normalized spacial score (nSPS) is 13.3. The second-order valence-corrected chi connectivity index (χ2v) is 8.19. The molecule has 37 heavy (non-hydrogen) atoms. The number of hydrogen-bond acceptors (Lipinski definition) is 5. The van der Waals surface area contributed by atoms with Crippen LogP contribution >= 0.6 is 9.24 Å². The average molecular weight is 521 g/mol. The maximum atomic E-state index is 11.6. The third-order valence-corrected chi connectivity index (χ3v) is 5.85. The van der Waals surface area contributed by atoms with E-state index < -0.39 is 0 Å². The standard InChI is InChI=1S/C20H21N2O3P.C7H8.C2H6.CH2O/c1-4-13-5-7-18(24-2)15(9-13)17-11-16(21-22(17)12-23)14-6-8-19(25-3)20(26)10-14;1-7-5-3-2-4-6-7;2*1-2/h4-10,12,17H,1,11,26H2,2-3H3;2-6H,1H3;1-2H3;1H2. The zero-order valence-electron chi connectivity index (χ0n) is 22.3. The van der Waals surface area contributed by atoms with Crippen molar-refractivity contribution in [3.63, 3.8) is 0 Å². The van der Waals surface area contributed by atoms with Gasteiger partial charge in [-0.25, -0.2) is 5.01 Å². The summed E-state index contributed by atoms with van der Waals surface area (Å²) in [5, 5.41) is 6.91. The molecule has 7 heteroatoms. The van der Waals surface area contributed by atoms with Gasteiger partial charge in [0.05, 0.1) is 26.0 Å². The van der Waals surface area contributed by atoms with Gasteiger partial charge in [-0.05, 0) is 48.4 Å². The van der Waals surface area contributed by atoms with Crippen LogP contribution in [0.15, 0.2) is 78.4 Å². The molecule has 0 N–H and O–H groups in total. The van der Waals surface area contributed by atoms with Crippen LogP contribution in [0, 0.1) is 6.92 Å². The molecule has 3 aromatic rings. The predicted molar refractivity (Wildman–Crippen MR) is 157 cm³/mol. The molecule has 0 fully saturated rings. The van der Waals surface area contributed by atoms with Crippen molar-refractivity contribution in [2.45, 2.75) is 33.2 Å². The maximum absolute atomic E-state index is 11.6. The molecule has 0 spiro atoms. The summed E-state index contributed by atoms with van der Waals surface area (Å²) in [5.41, 5.74) is 5.01. The predicted octanol–water partition coefficient (Wildman–Crippen LogP) is 5.99. The lowest BCUT2D eigenvalue weighted by molar-refractivity contribution is -0.119. The minimum atomic E-state index is -0.215. The maximum Gasteiger partial charge on any atom is 0.230 e. The number of aryl methyl sites for hydroxylation is 1. The molecule has 6 nitrogen and oxygen atoms in total. The summed E-state index contributed by atoms with van der Waals surface area (Å²) < 4.78 is 10.8. The van der Waals surface area contributed by atoms with Crippen molar-refractivity contribution in [1.82, 2.24) is 5.01 Å². The van der Waals surface area contributed by atoms with E-state index in [9.17, 15) is 4.79 Å². The topological polar surface area (TPSA) is 68.2 Å². The first-order valence-electron chi connectivity index (χ1n) is 11.9. The fraction of sp³-hybridized carbons (Fsp3) is 0.233. The van der Waals surface area contributed by atoms with E-state index in [2.05, 4.69) is 40.0 Å². The number of amides is 1. The van der Waals surface area contributed by atoms with Crippen LogP contribution in [0.4, 0.5) is 0 Å². The van der Waals surface area contributed by atoms with Gasteiger partial charge in [0.25, 0.3) is 0 Å². The number of benzene rings is 3. The third kappa shape index (κ3) is 8.69. The van der Waals surface area contributed by atoms with Gasteiger partial charge >= 0.3 is 0 Å². The highest BCUT2D eigenvalue weighted by atomic mass is 31.0. The van der Waals surface area contributed by atoms with Crippen molar-refractivity contribution in [2.75, 3.05) is 14.2 Å². The van der Waals surface area contributed by atoms with Crippen molar-refractivity contribution < 1.29 is 19.1 Å². The van der Waals surface area contributed by atoms with Gasteiger partial charge in [0, 0.05) is 17.3 Å². The number of nitrogens with zero attached hydrogens (tertiary/aromatic N) is 2. The molecule has 1 aliphatic heterocycles. The Morgan fingerprint density at radius 1 is 0.973 bits per heavy atom. The summed E-state index contributed by atoms with van der Waals surface area (Å²) >= 11 is 0. The van der Waals surface area contributed by atoms with Crippen LogP contribution in [-0.2, 0) is 9.59 Å². The monoisotopic (exact) mass is 520 g/mol. The Balaban J connectivity index is 0.000000525. The van der Waals surface area contributed by atoms with E-state index in [-0.39, 0.29) is 6.04 Å². The van der Waals surface area contributed by atoms with Crippen molar-refractivity contribution in [1.29, 1.82) is 0 Å². The molecule has 0 saturated heterocycles. The van der Waals surface area contributed by atoms with Crippen LogP contribution in [0.1, 0.15) is 48.6 Å². The van der Waals surface area contributed by atoms with Gasteiger partial charge in [0.2, 0.25) is 6.41 Å². The minimum absolute atomic E-state index is 0.215. The SMILES string of the molecule is C=Cc1ccc(OC)c(C2CC(c3ccc(OC)c(P)c3)=NN2C=O)c1.C=O.CC.Cc1ccccc1. The third-order valence-electron chi connectivity index (χ3n) is 5.40. The lowest BCUT2D eigenvalue weighted by atomic mass is 9.96. The molecule has 0 bridgehead atoms. The van der Waals surface area contributed by atoms with E-state index in [1.54, 1.807) is 20.3 Å². The molecule has 1 amide bonds.